The Hall–Kier alpha value is -0.930. The molecular formula is C11H16FNO. The first-order valence-corrected chi connectivity index (χ1v) is 4.78. The van der Waals surface area contributed by atoms with Crippen LogP contribution in [0, 0.1) is 11.7 Å². The lowest BCUT2D eigenvalue weighted by molar-refractivity contribution is 0.0191. The summed E-state index contributed by atoms with van der Waals surface area (Å²) in [6.07, 6.45) is 0. The molecule has 1 N–H and O–H groups in total. The van der Waals surface area contributed by atoms with E-state index in [1.807, 2.05) is 6.07 Å². The molecule has 0 heterocycles. The van der Waals surface area contributed by atoms with Crippen molar-refractivity contribution in [3.05, 3.63) is 35.6 Å². The summed E-state index contributed by atoms with van der Waals surface area (Å²) < 4.78 is 13.1. The highest BCUT2D eigenvalue weighted by molar-refractivity contribution is 5.16. The van der Waals surface area contributed by atoms with Gasteiger partial charge in [0.05, 0.1) is 6.61 Å². The fraction of sp³-hybridized carbons (Fsp3) is 0.455. The molecule has 0 aliphatic rings. The summed E-state index contributed by atoms with van der Waals surface area (Å²) in [6.45, 7) is 5.16. The van der Waals surface area contributed by atoms with Crippen molar-refractivity contribution in [3.8, 4) is 0 Å². The SMILES string of the molecule is CC(C)CONCc1ccccc1F. The topological polar surface area (TPSA) is 21.3 Å². The number of benzene rings is 1. The van der Waals surface area contributed by atoms with Gasteiger partial charge in [0, 0.05) is 12.1 Å². The van der Waals surface area contributed by atoms with E-state index in [2.05, 4.69) is 19.3 Å². The number of hydrogen-bond acceptors (Lipinski definition) is 2. The minimum absolute atomic E-state index is 0.201. The number of hydrogen-bond donors (Lipinski definition) is 1. The van der Waals surface area contributed by atoms with E-state index in [9.17, 15) is 4.39 Å². The van der Waals surface area contributed by atoms with Crippen molar-refractivity contribution >= 4 is 0 Å². The fourth-order valence-corrected chi connectivity index (χ4v) is 0.996. The number of hydroxylamine groups is 1. The molecule has 0 saturated carbocycles. The van der Waals surface area contributed by atoms with Crippen LogP contribution in [-0.4, -0.2) is 6.61 Å². The van der Waals surface area contributed by atoms with Crippen LogP contribution in [0.4, 0.5) is 4.39 Å². The van der Waals surface area contributed by atoms with E-state index in [1.165, 1.54) is 6.07 Å². The molecule has 1 aromatic carbocycles. The van der Waals surface area contributed by atoms with Crippen LogP contribution in [0.3, 0.4) is 0 Å². The lowest BCUT2D eigenvalue weighted by Crippen LogP contribution is -2.17. The van der Waals surface area contributed by atoms with E-state index in [4.69, 9.17) is 4.84 Å². The van der Waals surface area contributed by atoms with E-state index in [0.717, 1.165) is 0 Å². The molecule has 0 aromatic heterocycles. The van der Waals surface area contributed by atoms with E-state index in [0.29, 0.717) is 24.6 Å². The Labute approximate surface area is 84.0 Å². The first kappa shape index (κ1) is 11.1. The molecule has 3 heteroatoms. The van der Waals surface area contributed by atoms with Gasteiger partial charge in [-0.2, -0.15) is 5.48 Å². The molecule has 0 atom stereocenters. The second-order valence-electron chi connectivity index (χ2n) is 3.62. The maximum Gasteiger partial charge on any atom is 0.127 e. The van der Waals surface area contributed by atoms with Crippen LogP contribution in [0.2, 0.25) is 0 Å². The molecule has 0 unspecified atom stereocenters. The van der Waals surface area contributed by atoms with Gasteiger partial charge >= 0.3 is 0 Å². The highest BCUT2D eigenvalue weighted by Gasteiger charge is 1.99. The number of nitrogens with one attached hydrogen (secondary N) is 1. The van der Waals surface area contributed by atoms with E-state index in [1.54, 1.807) is 12.1 Å². The van der Waals surface area contributed by atoms with Crippen molar-refractivity contribution in [1.82, 2.24) is 5.48 Å². The molecule has 0 saturated heterocycles. The lowest BCUT2D eigenvalue weighted by Gasteiger charge is -2.08. The zero-order valence-corrected chi connectivity index (χ0v) is 8.59. The Kier molecular flexibility index (Phi) is 4.56. The third-order valence-corrected chi connectivity index (χ3v) is 1.74. The minimum Gasteiger partial charge on any atom is -0.301 e. The van der Waals surface area contributed by atoms with E-state index < -0.39 is 0 Å². The van der Waals surface area contributed by atoms with Crippen LogP contribution in [0.15, 0.2) is 24.3 Å². The summed E-state index contributed by atoms with van der Waals surface area (Å²) in [6, 6.07) is 6.66. The summed E-state index contributed by atoms with van der Waals surface area (Å²) in [4.78, 5) is 5.14. The van der Waals surface area contributed by atoms with Crippen LogP contribution in [-0.2, 0) is 11.4 Å². The molecule has 0 fully saturated rings. The van der Waals surface area contributed by atoms with Crippen LogP contribution in [0.5, 0.6) is 0 Å². The smallest absolute Gasteiger partial charge is 0.127 e. The largest absolute Gasteiger partial charge is 0.301 e. The molecule has 0 bridgehead atoms. The molecule has 1 aromatic rings. The molecule has 78 valence electrons. The van der Waals surface area contributed by atoms with Gasteiger partial charge in [0.15, 0.2) is 0 Å². The van der Waals surface area contributed by atoms with Gasteiger partial charge in [-0.1, -0.05) is 32.0 Å². The molecule has 2 nitrogen and oxygen atoms in total. The summed E-state index contributed by atoms with van der Waals surface area (Å²) in [5.74, 6) is 0.274. The van der Waals surface area contributed by atoms with Gasteiger partial charge in [0.2, 0.25) is 0 Å². The molecular weight excluding hydrogens is 181 g/mol. The summed E-state index contributed by atoms with van der Waals surface area (Å²) >= 11 is 0. The monoisotopic (exact) mass is 197 g/mol. The average Bonchev–Trinajstić information content (AvgIpc) is 2.15. The molecule has 0 amide bonds. The van der Waals surface area contributed by atoms with Crippen molar-refractivity contribution in [3.63, 3.8) is 0 Å². The van der Waals surface area contributed by atoms with Crippen LogP contribution in [0.25, 0.3) is 0 Å². The summed E-state index contributed by atoms with van der Waals surface area (Å²) in [5, 5.41) is 0. The van der Waals surface area contributed by atoms with Crippen LogP contribution >= 0.6 is 0 Å². The summed E-state index contributed by atoms with van der Waals surface area (Å²) in [5.41, 5.74) is 3.36. The third-order valence-electron chi connectivity index (χ3n) is 1.74. The van der Waals surface area contributed by atoms with Crippen molar-refractivity contribution in [2.75, 3.05) is 6.61 Å². The molecule has 0 aliphatic carbocycles. The average molecular weight is 197 g/mol. The second kappa shape index (κ2) is 5.73. The van der Waals surface area contributed by atoms with Crippen molar-refractivity contribution in [2.24, 2.45) is 5.92 Å². The fourth-order valence-electron chi connectivity index (χ4n) is 0.996. The van der Waals surface area contributed by atoms with Gasteiger partial charge < -0.3 is 4.84 Å². The minimum atomic E-state index is -0.201. The lowest BCUT2D eigenvalue weighted by atomic mass is 10.2. The standard InChI is InChI=1S/C11H16FNO/c1-9(2)8-14-13-7-10-5-3-4-6-11(10)12/h3-6,9,13H,7-8H2,1-2H3. The summed E-state index contributed by atoms with van der Waals surface area (Å²) in [7, 11) is 0. The van der Waals surface area contributed by atoms with Gasteiger partial charge in [0.1, 0.15) is 5.82 Å². The third kappa shape index (κ3) is 3.85. The number of rotatable bonds is 5. The molecule has 0 radical (unpaired) electrons. The zero-order chi connectivity index (χ0) is 10.4. The van der Waals surface area contributed by atoms with Crippen molar-refractivity contribution in [2.45, 2.75) is 20.4 Å². The molecule has 0 spiro atoms. The van der Waals surface area contributed by atoms with Gasteiger partial charge in [0.25, 0.3) is 0 Å². The normalized spacial score (nSPS) is 10.9. The highest BCUT2D eigenvalue weighted by atomic mass is 19.1. The van der Waals surface area contributed by atoms with Gasteiger partial charge in [-0.05, 0) is 12.0 Å². The predicted molar refractivity (Wildman–Crippen MR) is 54.0 cm³/mol. The maximum atomic E-state index is 13.1. The maximum absolute atomic E-state index is 13.1. The van der Waals surface area contributed by atoms with Crippen LogP contribution in [0.1, 0.15) is 19.4 Å². The molecule has 0 aliphatic heterocycles. The van der Waals surface area contributed by atoms with Gasteiger partial charge in [-0.3, -0.25) is 0 Å². The Morgan fingerprint density at radius 2 is 2.07 bits per heavy atom. The van der Waals surface area contributed by atoms with E-state index >= 15 is 0 Å². The van der Waals surface area contributed by atoms with Crippen LogP contribution < -0.4 is 5.48 Å². The quantitative estimate of drug-likeness (QED) is 0.578. The van der Waals surface area contributed by atoms with Crippen molar-refractivity contribution in [1.29, 1.82) is 0 Å². The highest BCUT2D eigenvalue weighted by Crippen LogP contribution is 2.05. The Bertz CT molecular complexity index is 276. The second-order valence-corrected chi connectivity index (χ2v) is 3.62. The first-order chi connectivity index (χ1) is 6.70. The predicted octanol–water partition coefficient (Wildman–Crippen LogP) is 2.50. The Morgan fingerprint density at radius 1 is 1.36 bits per heavy atom. The van der Waals surface area contributed by atoms with Gasteiger partial charge in [-0.25, -0.2) is 4.39 Å². The Balaban J connectivity index is 2.28. The molecule has 14 heavy (non-hydrogen) atoms. The van der Waals surface area contributed by atoms with Gasteiger partial charge in [-0.15, -0.1) is 0 Å². The Morgan fingerprint density at radius 3 is 2.71 bits per heavy atom. The zero-order valence-electron chi connectivity index (χ0n) is 8.59. The van der Waals surface area contributed by atoms with Crippen molar-refractivity contribution < 1.29 is 9.23 Å². The number of halogens is 1. The first-order valence-electron chi connectivity index (χ1n) is 4.78. The van der Waals surface area contributed by atoms with E-state index in [-0.39, 0.29) is 5.82 Å². The molecule has 1 rings (SSSR count).